The third-order valence-corrected chi connectivity index (χ3v) is 6.71. The summed E-state index contributed by atoms with van der Waals surface area (Å²) < 4.78 is 5.44. The summed E-state index contributed by atoms with van der Waals surface area (Å²) in [4.78, 5) is 29.8. The van der Waals surface area contributed by atoms with Crippen LogP contribution in [-0.4, -0.2) is 38.0 Å². The number of nitrogens with zero attached hydrogens (tertiary/aromatic N) is 2. The number of para-hydroxylation sites is 1. The van der Waals surface area contributed by atoms with Crippen molar-refractivity contribution in [2.45, 2.75) is 32.7 Å². The predicted molar refractivity (Wildman–Crippen MR) is 136 cm³/mol. The predicted octanol–water partition coefficient (Wildman–Crippen LogP) is 5.22. The Morgan fingerprint density at radius 1 is 0.824 bits per heavy atom. The van der Waals surface area contributed by atoms with Crippen molar-refractivity contribution in [2.24, 2.45) is 0 Å². The van der Waals surface area contributed by atoms with Gasteiger partial charge in [-0.15, -0.1) is 0 Å². The molecule has 0 N–H and O–H groups in total. The Morgan fingerprint density at radius 2 is 1.47 bits per heavy atom. The molecule has 5 nitrogen and oxygen atoms in total. The SMILES string of the molecule is CC(C)(C)c1ccc(-c2cccc3c2N(Cc2ccc(N4CCOCC4)cc2)C(=O)C3=O)cc1. The first-order valence-electron chi connectivity index (χ1n) is 11.8. The fourth-order valence-corrected chi connectivity index (χ4v) is 4.71. The van der Waals surface area contributed by atoms with Gasteiger partial charge in [-0.1, -0.05) is 69.3 Å². The maximum absolute atomic E-state index is 13.0. The number of ketones is 1. The van der Waals surface area contributed by atoms with Crippen molar-refractivity contribution in [2.75, 3.05) is 36.1 Å². The van der Waals surface area contributed by atoms with Crippen LogP contribution < -0.4 is 9.80 Å². The fraction of sp³-hybridized carbons (Fsp3) is 0.310. The largest absolute Gasteiger partial charge is 0.378 e. The first-order chi connectivity index (χ1) is 16.3. The fourth-order valence-electron chi connectivity index (χ4n) is 4.71. The number of Topliss-reactive ketones (excluding diaryl/α,β-unsaturated/α-hetero) is 1. The van der Waals surface area contributed by atoms with Gasteiger partial charge in [-0.05, 0) is 40.3 Å². The molecule has 2 heterocycles. The van der Waals surface area contributed by atoms with E-state index in [1.54, 1.807) is 11.0 Å². The van der Waals surface area contributed by atoms with Crippen LogP contribution in [0.1, 0.15) is 42.3 Å². The van der Waals surface area contributed by atoms with Crippen LogP contribution in [0.5, 0.6) is 0 Å². The van der Waals surface area contributed by atoms with Crippen molar-refractivity contribution in [1.82, 2.24) is 0 Å². The minimum atomic E-state index is -0.467. The van der Waals surface area contributed by atoms with Crippen LogP contribution in [0.3, 0.4) is 0 Å². The quantitative estimate of drug-likeness (QED) is 0.508. The normalized spacial score (nSPS) is 16.2. The number of ether oxygens (including phenoxy) is 1. The third kappa shape index (κ3) is 4.12. The molecule has 0 aromatic heterocycles. The van der Waals surface area contributed by atoms with Crippen LogP contribution in [0, 0.1) is 0 Å². The number of rotatable bonds is 4. The molecule has 1 saturated heterocycles. The number of hydrogen-bond acceptors (Lipinski definition) is 4. The van der Waals surface area contributed by atoms with Crippen LogP contribution in [-0.2, 0) is 21.5 Å². The lowest BCUT2D eigenvalue weighted by Crippen LogP contribution is -2.36. The molecule has 5 rings (SSSR count). The van der Waals surface area contributed by atoms with Gasteiger partial charge in [0.1, 0.15) is 0 Å². The molecule has 1 amide bonds. The van der Waals surface area contributed by atoms with Gasteiger partial charge < -0.3 is 9.64 Å². The molecule has 5 heteroatoms. The Kier molecular flexibility index (Phi) is 5.74. The molecule has 3 aromatic carbocycles. The van der Waals surface area contributed by atoms with Gasteiger partial charge in [-0.2, -0.15) is 0 Å². The standard InChI is InChI=1S/C29H30N2O3/c1-29(2,3)22-11-9-21(10-12-22)24-5-4-6-25-26(24)31(28(33)27(25)32)19-20-7-13-23(14-8-20)30-15-17-34-18-16-30/h4-14H,15-19H2,1-3H3. The van der Waals surface area contributed by atoms with E-state index in [1.165, 1.54) is 5.56 Å². The molecule has 0 saturated carbocycles. The highest BCUT2D eigenvalue weighted by Gasteiger charge is 2.37. The van der Waals surface area contributed by atoms with Crippen molar-refractivity contribution < 1.29 is 14.3 Å². The minimum absolute atomic E-state index is 0.0581. The van der Waals surface area contributed by atoms with Gasteiger partial charge in [0.15, 0.2) is 0 Å². The van der Waals surface area contributed by atoms with E-state index in [0.29, 0.717) is 17.8 Å². The molecule has 174 valence electrons. The second kappa shape index (κ2) is 8.73. The van der Waals surface area contributed by atoms with Gasteiger partial charge in [0, 0.05) is 24.3 Å². The summed E-state index contributed by atoms with van der Waals surface area (Å²) in [6, 6.07) is 22.3. The Morgan fingerprint density at radius 3 is 2.12 bits per heavy atom. The summed E-state index contributed by atoms with van der Waals surface area (Å²) >= 11 is 0. The van der Waals surface area contributed by atoms with Gasteiger partial charge in [-0.3, -0.25) is 14.5 Å². The van der Waals surface area contributed by atoms with E-state index in [2.05, 4.69) is 62.1 Å². The molecule has 3 aromatic rings. The molecule has 34 heavy (non-hydrogen) atoms. The molecule has 2 aliphatic rings. The van der Waals surface area contributed by atoms with Crippen LogP contribution in [0.2, 0.25) is 0 Å². The highest BCUT2D eigenvalue weighted by molar-refractivity contribution is 6.52. The van der Waals surface area contributed by atoms with Crippen molar-refractivity contribution in [3.63, 3.8) is 0 Å². The Bertz CT molecular complexity index is 1220. The molecule has 2 aliphatic heterocycles. The van der Waals surface area contributed by atoms with Crippen molar-refractivity contribution in [3.8, 4) is 11.1 Å². The molecule has 0 aliphatic carbocycles. The van der Waals surface area contributed by atoms with Crippen LogP contribution in [0.25, 0.3) is 11.1 Å². The highest BCUT2D eigenvalue weighted by atomic mass is 16.5. The van der Waals surface area contributed by atoms with Gasteiger partial charge >= 0.3 is 0 Å². The number of carbonyl (C=O) groups excluding carboxylic acids is 2. The van der Waals surface area contributed by atoms with Gasteiger partial charge in [0.2, 0.25) is 0 Å². The summed E-state index contributed by atoms with van der Waals surface area (Å²) in [7, 11) is 0. The second-order valence-electron chi connectivity index (χ2n) is 10.0. The second-order valence-corrected chi connectivity index (χ2v) is 10.0. The van der Waals surface area contributed by atoms with Crippen molar-refractivity contribution >= 4 is 23.1 Å². The number of benzene rings is 3. The van der Waals surface area contributed by atoms with Crippen molar-refractivity contribution in [3.05, 3.63) is 83.4 Å². The highest BCUT2D eigenvalue weighted by Crippen LogP contribution is 2.40. The average Bonchev–Trinajstić information content (AvgIpc) is 3.09. The Balaban J connectivity index is 1.46. The van der Waals surface area contributed by atoms with Crippen LogP contribution in [0.15, 0.2) is 66.7 Å². The monoisotopic (exact) mass is 454 g/mol. The molecule has 0 bridgehead atoms. The van der Waals surface area contributed by atoms with E-state index in [4.69, 9.17) is 4.74 Å². The van der Waals surface area contributed by atoms with E-state index in [-0.39, 0.29) is 5.41 Å². The maximum atomic E-state index is 13.0. The number of carbonyl (C=O) groups is 2. The maximum Gasteiger partial charge on any atom is 0.299 e. The summed E-state index contributed by atoms with van der Waals surface area (Å²) in [5, 5.41) is 0. The minimum Gasteiger partial charge on any atom is -0.378 e. The van der Waals surface area contributed by atoms with Crippen LogP contribution in [0.4, 0.5) is 11.4 Å². The van der Waals surface area contributed by atoms with Gasteiger partial charge in [-0.25, -0.2) is 0 Å². The summed E-state index contributed by atoms with van der Waals surface area (Å²) in [6.07, 6.45) is 0. The molecule has 0 unspecified atom stereocenters. The lowest BCUT2D eigenvalue weighted by Gasteiger charge is -2.29. The third-order valence-electron chi connectivity index (χ3n) is 6.71. The molecular formula is C29H30N2O3. The zero-order valence-corrected chi connectivity index (χ0v) is 20.0. The summed E-state index contributed by atoms with van der Waals surface area (Å²) in [5.41, 5.74) is 6.53. The zero-order valence-electron chi connectivity index (χ0n) is 20.0. The topological polar surface area (TPSA) is 49.9 Å². The molecule has 1 fully saturated rings. The number of fused-ring (bicyclic) bond motifs is 1. The zero-order chi connectivity index (χ0) is 23.9. The molecule has 0 atom stereocenters. The van der Waals surface area contributed by atoms with Gasteiger partial charge in [0.25, 0.3) is 11.7 Å². The summed E-state index contributed by atoms with van der Waals surface area (Å²) in [6.45, 7) is 10.2. The number of anilines is 2. The lowest BCUT2D eigenvalue weighted by atomic mass is 9.86. The number of amides is 1. The average molecular weight is 455 g/mol. The molecule has 0 radical (unpaired) electrons. The van der Waals surface area contributed by atoms with E-state index >= 15 is 0 Å². The molecular weight excluding hydrogens is 424 g/mol. The van der Waals surface area contributed by atoms with E-state index in [1.807, 2.05) is 24.3 Å². The Labute approximate surface area is 201 Å². The van der Waals surface area contributed by atoms with Crippen molar-refractivity contribution in [1.29, 1.82) is 0 Å². The lowest BCUT2D eigenvalue weighted by molar-refractivity contribution is -0.114. The smallest absolute Gasteiger partial charge is 0.299 e. The van der Waals surface area contributed by atoms with Crippen LogP contribution >= 0.6 is 0 Å². The van der Waals surface area contributed by atoms with Gasteiger partial charge in [0.05, 0.1) is 31.0 Å². The number of morpholine rings is 1. The Hall–Kier alpha value is -3.44. The van der Waals surface area contributed by atoms with E-state index < -0.39 is 11.7 Å². The van der Waals surface area contributed by atoms with E-state index in [0.717, 1.165) is 48.7 Å². The number of hydrogen-bond donors (Lipinski definition) is 0. The van der Waals surface area contributed by atoms with E-state index in [9.17, 15) is 9.59 Å². The summed E-state index contributed by atoms with van der Waals surface area (Å²) in [5.74, 6) is -0.904. The first-order valence-corrected chi connectivity index (χ1v) is 11.8. The first kappa shape index (κ1) is 22.4. The molecule has 0 spiro atoms.